The van der Waals surface area contributed by atoms with Crippen LogP contribution in [-0.4, -0.2) is 19.8 Å². The number of benzene rings is 1. The van der Waals surface area contributed by atoms with Crippen molar-refractivity contribution in [2.45, 2.75) is 11.8 Å². The lowest BCUT2D eigenvalue weighted by atomic mass is 10.1. The fourth-order valence-electron chi connectivity index (χ4n) is 2.68. The molecule has 128 valence electrons. The molecule has 26 heavy (non-hydrogen) atoms. The van der Waals surface area contributed by atoms with E-state index in [1.54, 1.807) is 18.1 Å². The van der Waals surface area contributed by atoms with Gasteiger partial charge in [-0.25, -0.2) is 4.98 Å². The average molecular weight is 360 g/mol. The topological polar surface area (TPSA) is 59.8 Å². The number of pyridine rings is 2. The number of fused-ring (bicyclic) bond motifs is 1. The summed E-state index contributed by atoms with van der Waals surface area (Å²) < 4.78 is 2.11. The number of aromatic nitrogens is 3. The number of nitrogens with one attached hydrogen (secondary N) is 1. The van der Waals surface area contributed by atoms with Crippen molar-refractivity contribution in [2.24, 2.45) is 0 Å². The molecule has 0 aliphatic heterocycles. The Kier molecular flexibility index (Phi) is 4.41. The number of nitrogens with zero attached hydrogens (tertiary/aromatic N) is 3. The first-order valence-electron chi connectivity index (χ1n) is 8.13. The monoisotopic (exact) mass is 360 g/mol. The average Bonchev–Trinajstić information content (AvgIpc) is 3.04. The predicted octanol–water partition coefficient (Wildman–Crippen LogP) is 4.61. The molecular formula is C20H16N4OS. The molecule has 1 N–H and O–H groups in total. The second-order valence-corrected chi connectivity index (χ2v) is 6.83. The summed E-state index contributed by atoms with van der Waals surface area (Å²) in [6.45, 7) is 1.47. The number of hydrogen-bond donors (Lipinski definition) is 1. The second-order valence-electron chi connectivity index (χ2n) is 5.79. The molecule has 4 rings (SSSR count). The molecule has 0 radical (unpaired) electrons. The zero-order chi connectivity index (χ0) is 17.9. The van der Waals surface area contributed by atoms with Crippen LogP contribution in [0.25, 0.3) is 22.2 Å². The molecule has 0 unspecified atom stereocenters. The zero-order valence-electron chi connectivity index (χ0n) is 14.1. The number of anilines is 1. The van der Waals surface area contributed by atoms with E-state index in [9.17, 15) is 4.79 Å². The maximum atomic E-state index is 11.2. The van der Waals surface area contributed by atoms with Gasteiger partial charge >= 0.3 is 0 Å². The minimum atomic E-state index is -0.142. The summed E-state index contributed by atoms with van der Waals surface area (Å²) in [6.07, 6.45) is 5.55. The van der Waals surface area contributed by atoms with Crippen molar-refractivity contribution in [3.8, 4) is 11.1 Å². The molecule has 4 aromatic rings. The van der Waals surface area contributed by atoms with Gasteiger partial charge in [0.05, 0.1) is 11.0 Å². The molecule has 0 aliphatic carbocycles. The molecule has 0 bridgehead atoms. The minimum absolute atomic E-state index is 0.142. The quantitative estimate of drug-likeness (QED) is 0.577. The Labute approximate surface area is 155 Å². The van der Waals surface area contributed by atoms with Crippen LogP contribution >= 0.6 is 11.9 Å². The van der Waals surface area contributed by atoms with E-state index in [0.29, 0.717) is 5.82 Å². The number of amides is 1. The highest BCUT2D eigenvalue weighted by Crippen LogP contribution is 2.29. The Hall–Kier alpha value is -3.12. The van der Waals surface area contributed by atoms with E-state index in [2.05, 4.69) is 37.5 Å². The van der Waals surface area contributed by atoms with Crippen LogP contribution < -0.4 is 5.32 Å². The molecule has 1 aromatic carbocycles. The lowest BCUT2D eigenvalue weighted by molar-refractivity contribution is -0.114. The first kappa shape index (κ1) is 16.4. The van der Waals surface area contributed by atoms with Gasteiger partial charge in [0.1, 0.15) is 5.82 Å². The molecule has 0 saturated carbocycles. The van der Waals surface area contributed by atoms with E-state index in [-0.39, 0.29) is 5.91 Å². The van der Waals surface area contributed by atoms with Gasteiger partial charge in [0.2, 0.25) is 5.91 Å². The Morgan fingerprint density at radius 2 is 1.88 bits per heavy atom. The molecule has 6 heteroatoms. The van der Waals surface area contributed by atoms with Crippen LogP contribution in [0.2, 0.25) is 0 Å². The summed E-state index contributed by atoms with van der Waals surface area (Å²) in [4.78, 5) is 21.1. The highest BCUT2D eigenvalue weighted by molar-refractivity contribution is 7.98. The summed E-state index contributed by atoms with van der Waals surface area (Å²) in [5.74, 6) is 0.389. The number of rotatable bonds is 4. The van der Waals surface area contributed by atoms with Gasteiger partial charge in [-0.05, 0) is 53.9 Å². The van der Waals surface area contributed by atoms with Crippen LogP contribution in [0, 0.1) is 0 Å². The van der Waals surface area contributed by atoms with E-state index < -0.39 is 0 Å². The molecular weight excluding hydrogens is 344 g/mol. The summed E-state index contributed by atoms with van der Waals surface area (Å²) in [5, 5.41) is 2.71. The Bertz CT molecular complexity index is 1080. The first-order valence-corrected chi connectivity index (χ1v) is 8.91. The van der Waals surface area contributed by atoms with Crippen molar-refractivity contribution < 1.29 is 4.79 Å². The molecule has 1 amide bonds. The highest BCUT2D eigenvalue weighted by atomic mass is 32.2. The van der Waals surface area contributed by atoms with Gasteiger partial charge in [0.15, 0.2) is 0 Å². The van der Waals surface area contributed by atoms with Crippen LogP contribution in [0.4, 0.5) is 5.82 Å². The van der Waals surface area contributed by atoms with Crippen molar-refractivity contribution in [2.75, 3.05) is 5.32 Å². The fraction of sp³-hybridized carbons (Fsp3) is 0.0500. The fourth-order valence-corrected chi connectivity index (χ4v) is 3.55. The molecule has 0 fully saturated rings. The summed E-state index contributed by atoms with van der Waals surface area (Å²) in [7, 11) is 0. The zero-order valence-corrected chi connectivity index (χ0v) is 14.9. The number of carbonyl (C=O) groups excluding carboxylic acids is 1. The predicted molar refractivity (Wildman–Crippen MR) is 105 cm³/mol. The van der Waals surface area contributed by atoms with E-state index in [1.807, 2.05) is 48.8 Å². The minimum Gasteiger partial charge on any atom is -0.311 e. The smallest absolute Gasteiger partial charge is 0.222 e. The third-order valence-electron chi connectivity index (χ3n) is 3.85. The van der Waals surface area contributed by atoms with Crippen molar-refractivity contribution in [1.29, 1.82) is 0 Å². The van der Waals surface area contributed by atoms with Gasteiger partial charge in [-0.2, -0.15) is 0 Å². The first-order chi connectivity index (χ1) is 12.7. The van der Waals surface area contributed by atoms with Gasteiger partial charge < -0.3 is 5.32 Å². The molecule has 0 atom stereocenters. The molecule has 3 heterocycles. The molecule has 3 aromatic heterocycles. The Morgan fingerprint density at radius 3 is 2.69 bits per heavy atom. The van der Waals surface area contributed by atoms with Crippen LogP contribution in [0.5, 0.6) is 0 Å². The molecule has 0 saturated heterocycles. The summed E-state index contributed by atoms with van der Waals surface area (Å²) in [6, 6.07) is 18.1. The maximum absolute atomic E-state index is 11.2. The van der Waals surface area contributed by atoms with Gasteiger partial charge in [-0.1, -0.05) is 18.2 Å². The lowest BCUT2D eigenvalue weighted by Gasteiger charge is -2.07. The van der Waals surface area contributed by atoms with Gasteiger partial charge in [-0.15, -0.1) is 0 Å². The van der Waals surface area contributed by atoms with E-state index in [1.165, 1.54) is 6.92 Å². The third-order valence-corrected chi connectivity index (χ3v) is 4.85. The highest BCUT2D eigenvalue weighted by Gasteiger charge is 2.08. The van der Waals surface area contributed by atoms with Crippen molar-refractivity contribution in [3.63, 3.8) is 0 Å². The van der Waals surface area contributed by atoms with Crippen molar-refractivity contribution in [3.05, 3.63) is 73.2 Å². The SMILES string of the molecule is CC(=O)Nc1cc(-c2cnc3ccn(Sc4ccccc4)c3c2)ccn1. The van der Waals surface area contributed by atoms with Gasteiger partial charge in [0, 0.05) is 36.0 Å². The lowest BCUT2D eigenvalue weighted by Crippen LogP contribution is -2.07. The van der Waals surface area contributed by atoms with Crippen molar-refractivity contribution in [1.82, 2.24) is 13.9 Å². The molecule has 0 spiro atoms. The van der Waals surface area contributed by atoms with Crippen LogP contribution in [0.15, 0.2) is 78.1 Å². The van der Waals surface area contributed by atoms with Crippen LogP contribution in [0.1, 0.15) is 6.92 Å². The number of hydrogen-bond acceptors (Lipinski definition) is 4. The molecule has 0 aliphatic rings. The van der Waals surface area contributed by atoms with Crippen molar-refractivity contribution >= 4 is 34.7 Å². The second kappa shape index (κ2) is 7.01. The Balaban J connectivity index is 1.71. The number of carbonyl (C=O) groups is 1. The summed E-state index contributed by atoms with van der Waals surface area (Å²) >= 11 is 1.65. The maximum Gasteiger partial charge on any atom is 0.222 e. The largest absolute Gasteiger partial charge is 0.311 e. The van der Waals surface area contributed by atoms with Gasteiger partial charge in [0.25, 0.3) is 0 Å². The Morgan fingerprint density at radius 1 is 1.04 bits per heavy atom. The third kappa shape index (κ3) is 3.45. The summed E-state index contributed by atoms with van der Waals surface area (Å²) in [5.41, 5.74) is 3.90. The van der Waals surface area contributed by atoms with Gasteiger partial charge in [-0.3, -0.25) is 13.8 Å². The van der Waals surface area contributed by atoms with E-state index in [4.69, 9.17) is 0 Å². The van der Waals surface area contributed by atoms with E-state index in [0.717, 1.165) is 27.1 Å². The van der Waals surface area contributed by atoms with E-state index >= 15 is 0 Å². The van der Waals surface area contributed by atoms with Crippen LogP contribution in [-0.2, 0) is 4.79 Å². The molecule has 5 nitrogen and oxygen atoms in total. The standard InChI is InChI=1S/C20H16N4OS/c1-14(25)23-20-12-15(7-9-21-20)16-11-19-18(22-13-16)8-10-24(19)26-17-5-3-2-4-6-17/h2-13H,1H3,(H,21,23,25). The van der Waals surface area contributed by atoms with Crippen LogP contribution in [0.3, 0.4) is 0 Å². The normalized spacial score (nSPS) is 10.8.